The van der Waals surface area contributed by atoms with Gasteiger partial charge in [0, 0.05) is 31.5 Å². The zero-order valence-corrected chi connectivity index (χ0v) is 19.3. The third-order valence-corrected chi connectivity index (χ3v) is 4.97. The summed E-state index contributed by atoms with van der Waals surface area (Å²) in [7, 11) is 1.65. The fourth-order valence-corrected chi connectivity index (χ4v) is 3.29. The van der Waals surface area contributed by atoms with E-state index in [1.807, 2.05) is 50.5 Å². The lowest BCUT2D eigenvalue weighted by Gasteiger charge is -2.18. The Hall–Kier alpha value is -3.48. The van der Waals surface area contributed by atoms with Crippen molar-refractivity contribution in [3.8, 4) is 11.5 Å². The predicted octanol–water partition coefficient (Wildman–Crippen LogP) is 3.77. The van der Waals surface area contributed by atoms with Crippen LogP contribution in [0.2, 0.25) is 0 Å². The molecular formula is C25H33N5O2. The lowest BCUT2D eigenvalue weighted by Crippen LogP contribution is -2.41. The lowest BCUT2D eigenvalue weighted by molar-refractivity contribution is 0.223. The number of methoxy groups -OCH3 is 1. The monoisotopic (exact) mass is 435 g/mol. The quantitative estimate of drug-likeness (QED) is 0.375. The number of nitrogens with zero attached hydrogens (tertiary/aromatic N) is 3. The molecule has 0 spiro atoms. The zero-order chi connectivity index (χ0) is 22.8. The highest BCUT2D eigenvalue weighted by atomic mass is 16.5. The van der Waals surface area contributed by atoms with E-state index in [1.54, 1.807) is 7.11 Å². The van der Waals surface area contributed by atoms with Gasteiger partial charge in [-0.1, -0.05) is 30.3 Å². The lowest BCUT2D eigenvalue weighted by atomic mass is 10.1. The van der Waals surface area contributed by atoms with E-state index in [-0.39, 0.29) is 6.10 Å². The first-order valence-corrected chi connectivity index (χ1v) is 11.0. The number of guanidine groups is 1. The van der Waals surface area contributed by atoms with Crippen molar-refractivity contribution in [2.45, 2.75) is 40.0 Å². The molecule has 1 atom stereocenters. The minimum atomic E-state index is -0.0345. The highest BCUT2D eigenvalue weighted by Crippen LogP contribution is 2.19. The SMILES string of the molecule is CCNC(=NCc1cccc(Cn2ccnc2C)c1)NCC(C)Oc1cccc(OC)c1. The van der Waals surface area contributed by atoms with Crippen molar-refractivity contribution >= 4 is 5.96 Å². The first kappa shape index (κ1) is 23.2. The molecule has 0 amide bonds. The Morgan fingerprint density at radius 1 is 1.09 bits per heavy atom. The molecule has 1 unspecified atom stereocenters. The largest absolute Gasteiger partial charge is 0.497 e. The van der Waals surface area contributed by atoms with Crippen LogP contribution in [0, 0.1) is 6.92 Å². The number of benzene rings is 2. The second kappa shape index (κ2) is 11.8. The summed E-state index contributed by atoms with van der Waals surface area (Å²) >= 11 is 0. The molecule has 0 aliphatic rings. The Morgan fingerprint density at radius 2 is 1.88 bits per heavy atom. The molecule has 2 aromatic carbocycles. The molecule has 3 rings (SSSR count). The molecular weight excluding hydrogens is 402 g/mol. The maximum absolute atomic E-state index is 5.99. The number of ether oxygens (including phenoxy) is 2. The predicted molar refractivity (Wildman–Crippen MR) is 128 cm³/mol. The molecule has 0 saturated carbocycles. The van der Waals surface area contributed by atoms with Crippen molar-refractivity contribution in [3.63, 3.8) is 0 Å². The summed E-state index contributed by atoms with van der Waals surface area (Å²) in [6, 6.07) is 16.1. The molecule has 0 fully saturated rings. The van der Waals surface area contributed by atoms with Crippen LogP contribution >= 0.6 is 0 Å². The van der Waals surface area contributed by atoms with E-state index in [2.05, 4.69) is 51.4 Å². The minimum Gasteiger partial charge on any atom is -0.497 e. The van der Waals surface area contributed by atoms with Crippen molar-refractivity contribution in [3.05, 3.63) is 77.9 Å². The number of hydrogen-bond acceptors (Lipinski definition) is 4. The number of imidazole rings is 1. The van der Waals surface area contributed by atoms with Crippen LogP contribution in [0.4, 0.5) is 0 Å². The summed E-state index contributed by atoms with van der Waals surface area (Å²) < 4.78 is 13.4. The van der Waals surface area contributed by atoms with Gasteiger partial charge in [-0.25, -0.2) is 9.98 Å². The van der Waals surface area contributed by atoms with Crippen molar-refractivity contribution in [1.82, 2.24) is 20.2 Å². The van der Waals surface area contributed by atoms with Gasteiger partial charge in [0.05, 0.1) is 20.2 Å². The van der Waals surface area contributed by atoms with E-state index in [1.165, 1.54) is 5.56 Å². The van der Waals surface area contributed by atoms with Crippen LogP contribution in [-0.2, 0) is 13.1 Å². The maximum Gasteiger partial charge on any atom is 0.191 e. The van der Waals surface area contributed by atoms with Gasteiger partial charge < -0.3 is 24.7 Å². The molecule has 7 heteroatoms. The van der Waals surface area contributed by atoms with Gasteiger partial charge in [0.25, 0.3) is 0 Å². The normalized spacial score (nSPS) is 12.3. The van der Waals surface area contributed by atoms with Gasteiger partial charge in [-0.05, 0) is 44.0 Å². The Bertz CT molecular complexity index is 1010. The smallest absolute Gasteiger partial charge is 0.191 e. The van der Waals surface area contributed by atoms with Gasteiger partial charge in [0.15, 0.2) is 5.96 Å². The topological polar surface area (TPSA) is 72.7 Å². The number of nitrogens with one attached hydrogen (secondary N) is 2. The van der Waals surface area contributed by atoms with Gasteiger partial charge in [-0.2, -0.15) is 0 Å². The third kappa shape index (κ3) is 7.04. The van der Waals surface area contributed by atoms with Crippen LogP contribution in [0.25, 0.3) is 0 Å². The Kier molecular flexibility index (Phi) is 8.54. The second-order valence-corrected chi connectivity index (χ2v) is 7.61. The van der Waals surface area contributed by atoms with E-state index in [0.29, 0.717) is 13.1 Å². The van der Waals surface area contributed by atoms with Crippen molar-refractivity contribution in [1.29, 1.82) is 0 Å². The standard InChI is InChI=1S/C25H33N5O2/c1-5-26-25(28-16-19(2)32-24-11-7-10-23(15-24)31-4)29-17-21-8-6-9-22(14-21)18-30-13-12-27-20(30)3/h6-15,19H,5,16-18H2,1-4H3,(H2,26,28,29). The molecule has 0 saturated heterocycles. The summed E-state index contributed by atoms with van der Waals surface area (Å²) in [5.41, 5.74) is 2.40. The molecule has 170 valence electrons. The molecule has 2 N–H and O–H groups in total. The minimum absolute atomic E-state index is 0.0345. The van der Waals surface area contributed by atoms with Crippen molar-refractivity contribution in [2.24, 2.45) is 4.99 Å². The Morgan fingerprint density at radius 3 is 2.62 bits per heavy atom. The van der Waals surface area contributed by atoms with Crippen LogP contribution in [0.3, 0.4) is 0 Å². The van der Waals surface area contributed by atoms with Gasteiger partial charge in [0.2, 0.25) is 0 Å². The number of aryl methyl sites for hydroxylation is 1. The van der Waals surface area contributed by atoms with Gasteiger partial charge >= 0.3 is 0 Å². The average molecular weight is 436 g/mol. The first-order valence-electron chi connectivity index (χ1n) is 11.0. The highest BCUT2D eigenvalue weighted by Gasteiger charge is 2.07. The number of aliphatic imine (C=N–C) groups is 1. The van der Waals surface area contributed by atoms with E-state index in [4.69, 9.17) is 14.5 Å². The highest BCUT2D eigenvalue weighted by molar-refractivity contribution is 5.79. The molecule has 0 aliphatic carbocycles. The summed E-state index contributed by atoms with van der Waals surface area (Å²) in [4.78, 5) is 9.04. The number of hydrogen-bond donors (Lipinski definition) is 2. The molecule has 0 radical (unpaired) electrons. The van der Waals surface area contributed by atoms with E-state index in [0.717, 1.165) is 41.9 Å². The van der Waals surface area contributed by atoms with Gasteiger partial charge in [-0.3, -0.25) is 0 Å². The van der Waals surface area contributed by atoms with Crippen molar-refractivity contribution < 1.29 is 9.47 Å². The molecule has 0 bridgehead atoms. The molecule has 32 heavy (non-hydrogen) atoms. The fraction of sp³-hybridized carbons (Fsp3) is 0.360. The Labute approximate surface area is 190 Å². The summed E-state index contributed by atoms with van der Waals surface area (Å²) in [5.74, 6) is 3.34. The second-order valence-electron chi connectivity index (χ2n) is 7.61. The van der Waals surface area contributed by atoms with Crippen LogP contribution in [0.15, 0.2) is 65.9 Å². The fourth-order valence-electron chi connectivity index (χ4n) is 3.29. The van der Waals surface area contributed by atoms with Gasteiger partial charge in [-0.15, -0.1) is 0 Å². The van der Waals surface area contributed by atoms with E-state index in [9.17, 15) is 0 Å². The first-order chi connectivity index (χ1) is 15.6. The molecule has 1 heterocycles. The maximum atomic E-state index is 5.99. The molecule has 7 nitrogen and oxygen atoms in total. The number of aromatic nitrogens is 2. The molecule has 1 aromatic heterocycles. The average Bonchev–Trinajstić information content (AvgIpc) is 3.20. The number of rotatable bonds is 10. The van der Waals surface area contributed by atoms with E-state index < -0.39 is 0 Å². The molecule has 3 aromatic rings. The van der Waals surface area contributed by atoms with Crippen LogP contribution in [-0.4, -0.2) is 41.8 Å². The summed E-state index contributed by atoms with van der Waals surface area (Å²) in [6.45, 7) is 8.92. The van der Waals surface area contributed by atoms with Crippen molar-refractivity contribution in [2.75, 3.05) is 20.2 Å². The summed E-state index contributed by atoms with van der Waals surface area (Å²) in [5, 5.41) is 6.67. The van der Waals surface area contributed by atoms with Crippen LogP contribution in [0.5, 0.6) is 11.5 Å². The summed E-state index contributed by atoms with van der Waals surface area (Å²) in [6.07, 6.45) is 3.80. The van der Waals surface area contributed by atoms with Gasteiger partial charge in [0.1, 0.15) is 23.4 Å². The zero-order valence-electron chi connectivity index (χ0n) is 19.3. The van der Waals surface area contributed by atoms with E-state index >= 15 is 0 Å². The van der Waals surface area contributed by atoms with Crippen LogP contribution in [0.1, 0.15) is 30.8 Å². The molecule has 0 aliphatic heterocycles. The van der Waals surface area contributed by atoms with Crippen LogP contribution < -0.4 is 20.1 Å². The third-order valence-electron chi connectivity index (χ3n) is 4.97. The Balaban J connectivity index is 1.56.